The van der Waals surface area contributed by atoms with Crippen LogP contribution in [0.5, 0.6) is 5.88 Å². The highest BCUT2D eigenvalue weighted by molar-refractivity contribution is 6.31. The molecule has 2 rings (SSSR count). The minimum atomic E-state index is -0.547. The lowest BCUT2D eigenvalue weighted by Crippen LogP contribution is -2.23. The van der Waals surface area contributed by atoms with Gasteiger partial charge in [-0.3, -0.25) is 9.36 Å². The second-order valence-corrected chi connectivity index (χ2v) is 5.72. The van der Waals surface area contributed by atoms with Crippen molar-refractivity contribution in [2.24, 2.45) is 10.2 Å². The number of aromatic hydroxyl groups is 1. The molecule has 0 bridgehead atoms. The van der Waals surface area contributed by atoms with Crippen molar-refractivity contribution in [1.82, 2.24) is 4.57 Å². The zero-order valence-corrected chi connectivity index (χ0v) is 14.8. The van der Waals surface area contributed by atoms with Crippen molar-refractivity contribution in [1.29, 1.82) is 5.26 Å². The topological polar surface area (TPSA) is 100.0 Å². The van der Waals surface area contributed by atoms with Crippen molar-refractivity contribution in [2.45, 2.75) is 20.4 Å². The van der Waals surface area contributed by atoms with Crippen LogP contribution in [0.25, 0.3) is 0 Å². The van der Waals surface area contributed by atoms with E-state index in [4.69, 9.17) is 16.3 Å². The molecule has 0 aliphatic rings. The molecule has 8 heteroatoms. The lowest BCUT2D eigenvalue weighted by molar-refractivity contribution is 0.182. The number of ether oxygens (including phenoxy) is 1. The highest BCUT2D eigenvalue weighted by Gasteiger charge is 2.19. The summed E-state index contributed by atoms with van der Waals surface area (Å²) >= 11 is 6.05. The highest BCUT2D eigenvalue weighted by Crippen LogP contribution is 2.29. The van der Waals surface area contributed by atoms with Crippen molar-refractivity contribution in [3.05, 3.63) is 50.3 Å². The number of nitriles is 1. The van der Waals surface area contributed by atoms with Gasteiger partial charge in [0.2, 0.25) is 5.88 Å². The number of benzene rings is 1. The summed E-state index contributed by atoms with van der Waals surface area (Å²) in [5.41, 5.74) is 0.930. The van der Waals surface area contributed by atoms with Gasteiger partial charge >= 0.3 is 0 Å². The van der Waals surface area contributed by atoms with E-state index in [1.807, 2.05) is 6.07 Å². The predicted molar refractivity (Wildman–Crippen MR) is 94.1 cm³/mol. The van der Waals surface area contributed by atoms with Gasteiger partial charge in [0.25, 0.3) is 5.56 Å². The Morgan fingerprint density at radius 1 is 1.32 bits per heavy atom. The number of aromatic nitrogens is 1. The van der Waals surface area contributed by atoms with Gasteiger partial charge in [-0.25, -0.2) is 0 Å². The summed E-state index contributed by atoms with van der Waals surface area (Å²) in [6.45, 7) is 3.62. The molecule has 7 nitrogen and oxygen atoms in total. The molecule has 1 N–H and O–H groups in total. The summed E-state index contributed by atoms with van der Waals surface area (Å²) in [5, 5.41) is 28.1. The summed E-state index contributed by atoms with van der Waals surface area (Å²) < 4.78 is 5.98. The first-order valence-corrected chi connectivity index (χ1v) is 7.82. The third kappa shape index (κ3) is 3.71. The number of hydrogen-bond donors (Lipinski definition) is 1. The van der Waals surface area contributed by atoms with Crippen molar-refractivity contribution in [2.75, 3.05) is 13.7 Å². The number of pyridine rings is 1. The third-order valence-electron chi connectivity index (χ3n) is 3.78. The Labute approximate surface area is 149 Å². The van der Waals surface area contributed by atoms with Gasteiger partial charge in [-0.1, -0.05) is 17.7 Å². The Bertz CT molecular complexity index is 929. The summed E-state index contributed by atoms with van der Waals surface area (Å²) in [6, 6.07) is 7.07. The maximum atomic E-state index is 12.6. The molecule has 0 unspecified atom stereocenters. The predicted octanol–water partition coefficient (Wildman–Crippen LogP) is 3.76. The zero-order chi connectivity index (χ0) is 18.6. The average molecular weight is 361 g/mol. The van der Waals surface area contributed by atoms with Gasteiger partial charge in [0.15, 0.2) is 5.69 Å². The quantitative estimate of drug-likeness (QED) is 0.820. The minimum Gasteiger partial charge on any atom is -0.493 e. The van der Waals surface area contributed by atoms with E-state index in [9.17, 15) is 15.2 Å². The SMILES string of the molecule is COCCn1c(O)c(C#N)c(C)c(N=Nc2cccc(Cl)c2C)c1=O. The molecular weight excluding hydrogens is 344 g/mol. The molecule has 0 saturated heterocycles. The van der Waals surface area contributed by atoms with Gasteiger partial charge in [-0.05, 0) is 31.5 Å². The molecule has 25 heavy (non-hydrogen) atoms. The van der Waals surface area contributed by atoms with Crippen LogP contribution < -0.4 is 5.56 Å². The van der Waals surface area contributed by atoms with Gasteiger partial charge in [-0.15, -0.1) is 5.11 Å². The van der Waals surface area contributed by atoms with Crippen LogP contribution in [-0.4, -0.2) is 23.4 Å². The number of rotatable bonds is 5. The normalized spacial score (nSPS) is 11.0. The fourth-order valence-electron chi connectivity index (χ4n) is 2.26. The molecule has 1 heterocycles. The van der Waals surface area contributed by atoms with Crippen LogP contribution in [0.3, 0.4) is 0 Å². The fraction of sp³-hybridized carbons (Fsp3) is 0.294. The Morgan fingerprint density at radius 2 is 2.04 bits per heavy atom. The Hall–Kier alpha value is -2.69. The van der Waals surface area contributed by atoms with E-state index >= 15 is 0 Å². The third-order valence-corrected chi connectivity index (χ3v) is 4.19. The summed E-state index contributed by atoms with van der Waals surface area (Å²) in [5.74, 6) is -0.403. The van der Waals surface area contributed by atoms with E-state index in [1.54, 1.807) is 32.0 Å². The van der Waals surface area contributed by atoms with Crippen LogP contribution in [0.15, 0.2) is 33.2 Å². The molecule has 0 radical (unpaired) electrons. The van der Waals surface area contributed by atoms with Crippen molar-refractivity contribution < 1.29 is 9.84 Å². The van der Waals surface area contributed by atoms with E-state index in [0.717, 1.165) is 10.1 Å². The molecular formula is C17H17ClN4O3. The molecule has 0 aliphatic heterocycles. The standard InChI is InChI=1S/C17H17ClN4O3/c1-10-12(9-19)16(23)22(7-8-25-3)17(24)15(10)21-20-14-6-4-5-13(18)11(14)2/h4-6,23H,7-8H2,1-3H3. The number of azo groups is 1. The van der Waals surface area contributed by atoms with E-state index in [2.05, 4.69) is 10.2 Å². The number of halogens is 1. The maximum absolute atomic E-state index is 12.6. The second-order valence-electron chi connectivity index (χ2n) is 5.32. The van der Waals surface area contributed by atoms with Gasteiger partial charge in [0.1, 0.15) is 11.6 Å². The van der Waals surface area contributed by atoms with Crippen LogP contribution in [0.2, 0.25) is 5.02 Å². The number of hydrogen-bond acceptors (Lipinski definition) is 6. The molecule has 0 amide bonds. The molecule has 1 aromatic carbocycles. The summed E-state index contributed by atoms with van der Waals surface area (Å²) in [4.78, 5) is 12.6. The molecule has 2 aromatic rings. The second kappa shape index (κ2) is 7.92. The first kappa shape index (κ1) is 18.6. The molecule has 0 aliphatic carbocycles. The maximum Gasteiger partial charge on any atom is 0.281 e. The first-order chi connectivity index (χ1) is 11.9. The average Bonchev–Trinajstić information content (AvgIpc) is 2.58. The largest absolute Gasteiger partial charge is 0.493 e. The number of nitrogens with zero attached hydrogens (tertiary/aromatic N) is 4. The Morgan fingerprint density at radius 3 is 2.68 bits per heavy atom. The van der Waals surface area contributed by atoms with E-state index in [0.29, 0.717) is 10.7 Å². The van der Waals surface area contributed by atoms with Crippen molar-refractivity contribution in [3.63, 3.8) is 0 Å². The van der Waals surface area contributed by atoms with Gasteiger partial charge in [-0.2, -0.15) is 10.4 Å². The summed E-state index contributed by atoms with van der Waals surface area (Å²) in [6.07, 6.45) is 0. The van der Waals surface area contributed by atoms with Gasteiger partial charge in [0, 0.05) is 17.7 Å². The van der Waals surface area contributed by atoms with E-state index in [1.165, 1.54) is 7.11 Å². The van der Waals surface area contributed by atoms with E-state index in [-0.39, 0.29) is 30.0 Å². The van der Waals surface area contributed by atoms with Crippen LogP contribution in [0, 0.1) is 25.2 Å². The van der Waals surface area contributed by atoms with E-state index < -0.39 is 11.4 Å². The van der Waals surface area contributed by atoms with Gasteiger partial charge < -0.3 is 9.84 Å². The number of methoxy groups -OCH3 is 1. The Balaban J connectivity index is 2.61. The fourth-order valence-corrected chi connectivity index (χ4v) is 2.42. The summed E-state index contributed by atoms with van der Waals surface area (Å²) in [7, 11) is 1.48. The van der Waals surface area contributed by atoms with Crippen LogP contribution in [-0.2, 0) is 11.3 Å². The molecule has 0 atom stereocenters. The van der Waals surface area contributed by atoms with Crippen LogP contribution in [0.4, 0.5) is 11.4 Å². The monoisotopic (exact) mass is 360 g/mol. The lowest BCUT2D eigenvalue weighted by atomic mass is 10.1. The smallest absolute Gasteiger partial charge is 0.281 e. The lowest BCUT2D eigenvalue weighted by Gasteiger charge is -2.12. The molecule has 130 valence electrons. The van der Waals surface area contributed by atoms with Crippen molar-refractivity contribution in [3.8, 4) is 11.9 Å². The first-order valence-electron chi connectivity index (χ1n) is 7.44. The minimum absolute atomic E-state index is 0.00942. The molecule has 0 fully saturated rings. The van der Waals surface area contributed by atoms with Crippen LogP contribution in [0.1, 0.15) is 16.7 Å². The zero-order valence-electron chi connectivity index (χ0n) is 14.1. The highest BCUT2D eigenvalue weighted by atomic mass is 35.5. The van der Waals surface area contributed by atoms with Crippen LogP contribution >= 0.6 is 11.6 Å². The Kier molecular flexibility index (Phi) is 5.91. The van der Waals surface area contributed by atoms with Crippen molar-refractivity contribution >= 4 is 23.0 Å². The molecule has 0 saturated carbocycles. The van der Waals surface area contributed by atoms with Gasteiger partial charge in [0.05, 0.1) is 18.8 Å². The molecule has 0 spiro atoms. The molecule has 1 aromatic heterocycles.